The van der Waals surface area contributed by atoms with E-state index in [-0.39, 0.29) is 18.1 Å². The number of nitrogens with one attached hydrogen (secondary N) is 2. The van der Waals surface area contributed by atoms with E-state index < -0.39 is 0 Å². The van der Waals surface area contributed by atoms with Crippen molar-refractivity contribution in [2.75, 3.05) is 5.32 Å². The number of amides is 2. The Hall–Kier alpha value is -2.89. The number of fused-ring (bicyclic) bond motifs is 1. The lowest BCUT2D eigenvalue weighted by Gasteiger charge is -2.09. The minimum atomic E-state index is -0.194. The second-order valence-corrected chi connectivity index (χ2v) is 6.78. The normalized spacial score (nSPS) is 19.2. The van der Waals surface area contributed by atoms with E-state index in [0.717, 1.165) is 17.5 Å². The zero-order valence-corrected chi connectivity index (χ0v) is 14.3. The summed E-state index contributed by atoms with van der Waals surface area (Å²) in [6.45, 7) is 4.12. The highest BCUT2D eigenvalue weighted by molar-refractivity contribution is 5.91. The monoisotopic (exact) mass is 335 g/mol. The highest BCUT2D eigenvalue weighted by atomic mass is 16.2. The van der Waals surface area contributed by atoms with Crippen molar-refractivity contribution in [2.24, 2.45) is 0 Å². The largest absolute Gasteiger partial charge is 0.334 e. The maximum atomic E-state index is 12.2. The molecule has 1 aromatic carbocycles. The summed E-state index contributed by atoms with van der Waals surface area (Å²) in [6, 6.07) is 12.4. The predicted octanol–water partition coefficient (Wildman–Crippen LogP) is 3.69. The summed E-state index contributed by atoms with van der Waals surface area (Å²) in [4.78, 5) is 16.6. The van der Waals surface area contributed by atoms with Crippen molar-refractivity contribution in [1.82, 2.24) is 20.1 Å². The highest BCUT2D eigenvalue weighted by Gasteiger charge is 2.39. The van der Waals surface area contributed by atoms with Gasteiger partial charge in [0.25, 0.3) is 0 Å². The molecule has 1 saturated carbocycles. The first kappa shape index (κ1) is 15.6. The number of hydrogen-bond donors (Lipinski definition) is 2. The lowest BCUT2D eigenvalue weighted by Crippen LogP contribution is -2.31. The van der Waals surface area contributed by atoms with Gasteiger partial charge in [0.05, 0.1) is 18.1 Å². The van der Waals surface area contributed by atoms with Crippen molar-refractivity contribution in [2.45, 2.75) is 38.3 Å². The molecule has 1 fully saturated rings. The van der Waals surface area contributed by atoms with Gasteiger partial charge in [0.2, 0.25) is 0 Å². The van der Waals surface area contributed by atoms with E-state index in [2.05, 4.69) is 46.7 Å². The van der Waals surface area contributed by atoms with Crippen LogP contribution in [-0.4, -0.2) is 26.8 Å². The Morgan fingerprint density at radius 2 is 2.04 bits per heavy atom. The van der Waals surface area contributed by atoms with Crippen LogP contribution < -0.4 is 10.6 Å². The molecule has 6 nitrogen and oxygen atoms in total. The van der Waals surface area contributed by atoms with E-state index in [9.17, 15) is 4.79 Å². The fourth-order valence-corrected chi connectivity index (χ4v) is 3.15. The SMILES string of the molecule is CC(C)n1ncc2cc(NC(=O)NC3CC3c3ccccc3)cnc21. The molecule has 1 aliphatic rings. The topological polar surface area (TPSA) is 71.8 Å². The van der Waals surface area contributed by atoms with E-state index in [1.165, 1.54) is 5.56 Å². The van der Waals surface area contributed by atoms with Crippen molar-refractivity contribution in [3.05, 3.63) is 54.4 Å². The number of rotatable bonds is 4. The first-order valence-electron chi connectivity index (χ1n) is 8.57. The highest BCUT2D eigenvalue weighted by Crippen LogP contribution is 2.40. The van der Waals surface area contributed by atoms with Gasteiger partial charge in [-0.2, -0.15) is 5.10 Å². The molecular weight excluding hydrogens is 314 g/mol. The van der Waals surface area contributed by atoms with E-state index >= 15 is 0 Å². The summed E-state index contributed by atoms with van der Waals surface area (Å²) < 4.78 is 1.87. The summed E-state index contributed by atoms with van der Waals surface area (Å²) in [5.41, 5.74) is 2.77. The third-order valence-corrected chi connectivity index (χ3v) is 4.52. The number of carbonyl (C=O) groups excluding carboxylic acids is 1. The zero-order valence-electron chi connectivity index (χ0n) is 14.3. The molecule has 0 saturated heterocycles. The quantitative estimate of drug-likeness (QED) is 0.764. The number of urea groups is 1. The van der Waals surface area contributed by atoms with Crippen LogP contribution in [0.4, 0.5) is 10.5 Å². The second-order valence-electron chi connectivity index (χ2n) is 6.78. The van der Waals surface area contributed by atoms with Gasteiger partial charge in [-0.05, 0) is 31.9 Å². The summed E-state index contributed by atoms with van der Waals surface area (Å²) >= 11 is 0. The Kier molecular flexibility index (Phi) is 3.87. The van der Waals surface area contributed by atoms with Crippen LogP contribution in [0.2, 0.25) is 0 Å². The molecule has 0 bridgehead atoms. The molecule has 25 heavy (non-hydrogen) atoms. The number of aromatic nitrogens is 3. The van der Waals surface area contributed by atoms with Crippen LogP contribution in [0.15, 0.2) is 48.8 Å². The van der Waals surface area contributed by atoms with Gasteiger partial charge >= 0.3 is 6.03 Å². The lowest BCUT2D eigenvalue weighted by molar-refractivity contribution is 0.251. The Morgan fingerprint density at radius 3 is 2.80 bits per heavy atom. The number of hydrogen-bond acceptors (Lipinski definition) is 3. The van der Waals surface area contributed by atoms with Gasteiger partial charge in [-0.3, -0.25) is 0 Å². The van der Waals surface area contributed by atoms with E-state index in [1.54, 1.807) is 12.4 Å². The standard InChI is InChI=1S/C19H21N5O/c1-12(2)24-18-14(10-21-24)8-15(11-20-18)22-19(25)23-17-9-16(17)13-6-4-3-5-7-13/h3-8,10-12,16-17H,9H2,1-2H3,(H2,22,23,25). The van der Waals surface area contributed by atoms with Crippen molar-refractivity contribution >= 4 is 22.8 Å². The summed E-state index contributed by atoms with van der Waals surface area (Å²) in [5, 5.41) is 11.1. The number of nitrogens with zero attached hydrogens (tertiary/aromatic N) is 3. The fourth-order valence-electron chi connectivity index (χ4n) is 3.15. The number of carbonyl (C=O) groups is 1. The number of anilines is 1. The van der Waals surface area contributed by atoms with Gasteiger partial charge in [-0.25, -0.2) is 14.5 Å². The van der Waals surface area contributed by atoms with E-state index in [1.807, 2.05) is 28.9 Å². The van der Waals surface area contributed by atoms with E-state index in [0.29, 0.717) is 11.6 Å². The Labute approximate surface area is 146 Å². The van der Waals surface area contributed by atoms with Gasteiger partial charge in [-0.15, -0.1) is 0 Å². The fraction of sp³-hybridized carbons (Fsp3) is 0.316. The van der Waals surface area contributed by atoms with Crippen LogP contribution in [0.3, 0.4) is 0 Å². The van der Waals surface area contributed by atoms with Gasteiger partial charge in [-0.1, -0.05) is 30.3 Å². The van der Waals surface area contributed by atoms with Crippen molar-refractivity contribution < 1.29 is 4.79 Å². The summed E-state index contributed by atoms with van der Waals surface area (Å²) in [7, 11) is 0. The minimum Gasteiger partial charge on any atom is -0.334 e. The third kappa shape index (κ3) is 3.20. The molecule has 2 aromatic heterocycles. The molecule has 2 unspecified atom stereocenters. The van der Waals surface area contributed by atoms with Gasteiger partial charge in [0.15, 0.2) is 5.65 Å². The molecule has 0 spiro atoms. The average molecular weight is 335 g/mol. The van der Waals surface area contributed by atoms with Crippen LogP contribution in [0.25, 0.3) is 11.0 Å². The zero-order chi connectivity index (χ0) is 17.4. The molecule has 2 N–H and O–H groups in total. The molecule has 6 heteroatoms. The van der Waals surface area contributed by atoms with Crippen molar-refractivity contribution in [3.8, 4) is 0 Å². The molecule has 2 atom stereocenters. The smallest absolute Gasteiger partial charge is 0.319 e. The molecule has 4 rings (SSSR count). The van der Waals surface area contributed by atoms with Crippen LogP contribution >= 0.6 is 0 Å². The minimum absolute atomic E-state index is 0.194. The molecule has 0 aliphatic heterocycles. The van der Waals surface area contributed by atoms with Crippen LogP contribution in [0.5, 0.6) is 0 Å². The van der Waals surface area contributed by atoms with Crippen molar-refractivity contribution in [1.29, 1.82) is 0 Å². The van der Waals surface area contributed by atoms with Crippen LogP contribution in [0.1, 0.15) is 37.8 Å². The molecule has 0 radical (unpaired) electrons. The molecular formula is C19H21N5O. The Morgan fingerprint density at radius 1 is 1.24 bits per heavy atom. The molecule has 128 valence electrons. The van der Waals surface area contributed by atoms with Crippen molar-refractivity contribution in [3.63, 3.8) is 0 Å². The molecule has 2 heterocycles. The van der Waals surface area contributed by atoms with Gasteiger partial charge in [0.1, 0.15) is 0 Å². The lowest BCUT2D eigenvalue weighted by atomic mass is 10.1. The first-order valence-corrected chi connectivity index (χ1v) is 8.57. The van der Waals surface area contributed by atoms with E-state index in [4.69, 9.17) is 0 Å². The second kappa shape index (κ2) is 6.20. The summed E-state index contributed by atoms with van der Waals surface area (Å²) in [6.07, 6.45) is 4.43. The third-order valence-electron chi connectivity index (χ3n) is 4.52. The predicted molar refractivity (Wildman–Crippen MR) is 97.7 cm³/mol. The maximum Gasteiger partial charge on any atom is 0.319 e. The Balaban J connectivity index is 1.39. The average Bonchev–Trinajstić information content (AvgIpc) is 3.22. The number of pyridine rings is 1. The van der Waals surface area contributed by atoms with Crippen LogP contribution in [0, 0.1) is 0 Å². The maximum absolute atomic E-state index is 12.2. The van der Waals surface area contributed by atoms with Gasteiger partial charge < -0.3 is 10.6 Å². The molecule has 3 aromatic rings. The Bertz CT molecular complexity index is 903. The first-order chi connectivity index (χ1) is 12.1. The molecule has 2 amide bonds. The summed E-state index contributed by atoms with van der Waals surface area (Å²) in [5.74, 6) is 0.414. The van der Waals surface area contributed by atoms with Crippen LogP contribution in [-0.2, 0) is 0 Å². The number of benzene rings is 1. The van der Waals surface area contributed by atoms with Gasteiger partial charge in [0, 0.05) is 23.4 Å². The molecule has 1 aliphatic carbocycles.